The molecule has 232 valence electrons. The van der Waals surface area contributed by atoms with Crippen LogP contribution in [-0.4, -0.2) is 59.8 Å². The minimum Gasteiger partial charge on any atom is -0.0622 e. The van der Waals surface area contributed by atoms with E-state index in [4.69, 9.17) is 0 Å². The Hall–Kier alpha value is -2.27. The number of pyridine rings is 2. The first-order chi connectivity index (χ1) is 21.2. The van der Waals surface area contributed by atoms with E-state index in [9.17, 15) is 0 Å². The van der Waals surface area contributed by atoms with Gasteiger partial charge in [-0.1, -0.05) is 121 Å². The molecule has 0 aliphatic heterocycles. The molecule has 0 saturated carbocycles. The summed E-state index contributed by atoms with van der Waals surface area (Å²) in [6, 6.07) is 51.9. The van der Waals surface area contributed by atoms with Crippen molar-refractivity contribution in [1.29, 1.82) is 0 Å². The molecule has 8 heteroatoms. The fraction of sp³-hybridized carbons (Fsp3) is 0.0811. The first kappa shape index (κ1) is 38.9. The minimum absolute atomic E-state index is 0. The first-order valence-corrected chi connectivity index (χ1v) is 18.9. The fourth-order valence-electron chi connectivity index (χ4n) is 4.31. The minimum atomic E-state index is -0.309. The van der Waals surface area contributed by atoms with Crippen LogP contribution in [-0.2, 0) is 21.1 Å². The zero-order chi connectivity index (χ0) is 30.0. The van der Waals surface area contributed by atoms with Crippen LogP contribution in [0.5, 0.6) is 0 Å². The largest absolute Gasteiger partial charge is 0.0622 e. The third kappa shape index (κ3) is 14.4. The van der Waals surface area contributed by atoms with Gasteiger partial charge in [0, 0.05) is 0 Å². The third-order valence-electron chi connectivity index (χ3n) is 6.33. The summed E-state index contributed by atoms with van der Waals surface area (Å²) >= 11 is 5.72. The van der Waals surface area contributed by atoms with Crippen molar-refractivity contribution in [2.24, 2.45) is 0 Å². The second-order valence-corrected chi connectivity index (χ2v) is 16.0. The smallest absolute Gasteiger partial charge is 0.0195 e. The molecule has 0 unspecified atom stereocenters. The van der Waals surface area contributed by atoms with Crippen LogP contribution in [0.3, 0.4) is 0 Å². The molecule has 0 bridgehead atoms. The van der Waals surface area contributed by atoms with E-state index in [2.05, 4.69) is 163 Å². The molecular weight excluding hydrogens is 903 g/mol. The van der Waals surface area contributed by atoms with Gasteiger partial charge in [-0.3, -0.25) is 0 Å². The van der Waals surface area contributed by atoms with Crippen molar-refractivity contribution in [1.82, 2.24) is 9.97 Å². The fourth-order valence-corrected chi connectivity index (χ4v) is 9.78. The van der Waals surface area contributed by atoms with Crippen molar-refractivity contribution in [3.05, 3.63) is 170 Å². The molecule has 45 heavy (non-hydrogen) atoms. The van der Waals surface area contributed by atoms with E-state index in [0.29, 0.717) is 0 Å². The summed E-state index contributed by atoms with van der Waals surface area (Å²) in [6.45, 7) is 0. The summed E-state index contributed by atoms with van der Waals surface area (Å²) in [5, 5.41) is 5.94. The molecule has 0 spiro atoms. The number of hydrogen-bond donors (Lipinski definition) is 0. The molecule has 2 N–H and O–H groups in total. The summed E-state index contributed by atoms with van der Waals surface area (Å²) < 4.78 is 2.27. The van der Waals surface area contributed by atoms with E-state index in [1.165, 1.54) is 40.0 Å². The molecule has 0 amide bonds. The van der Waals surface area contributed by atoms with Crippen molar-refractivity contribution in [2.45, 2.75) is 6.42 Å². The Morgan fingerprint density at radius 2 is 0.644 bits per heavy atom. The van der Waals surface area contributed by atoms with Gasteiger partial charge >= 0.3 is 121 Å². The van der Waals surface area contributed by atoms with Gasteiger partial charge in [0.2, 0.25) is 0 Å². The molecule has 2 heterocycles. The van der Waals surface area contributed by atoms with E-state index >= 15 is 0 Å². The van der Waals surface area contributed by atoms with Crippen LogP contribution in [0.25, 0.3) is 0 Å². The van der Waals surface area contributed by atoms with Crippen molar-refractivity contribution in [3.63, 3.8) is 0 Å². The van der Waals surface area contributed by atoms with Gasteiger partial charge in [-0.05, 0) is 55.8 Å². The number of nitrogens with zero attached hydrogens (tertiary/aromatic N) is 2. The second kappa shape index (κ2) is 23.1. The predicted molar refractivity (Wildman–Crippen MR) is 195 cm³/mol. The van der Waals surface area contributed by atoms with Crippen molar-refractivity contribution < 1.29 is 26.5 Å². The van der Waals surface area contributed by atoms with E-state index in [1.807, 2.05) is 24.3 Å². The Labute approximate surface area is 301 Å². The zero-order valence-electron chi connectivity index (χ0n) is 24.7. The molecule has 4 aromatic carbocycles. The van der Waals surface area contributed by atoms with Crippen molar-refractivity contribution >= 4 is 78.0 Å². The first-order valence-electron chi connectivity index (χ1n) is 14.1. The van der Waals surface area contributed by atoms with Gasteiger partial charge in [0.1, 0.15) is 0 Å². The summed E-state index contributed by atoms with van der Waals surface area (Å²) in [5.74, 6) is 0. The topological polar surface area (TPSA) is 57.3 Å². The van der Waals surface area contributed by atoms with Crippen molar-refractivity contribution in [3.8, 4) is 0 Å². The maximum absolute atomic E-state index is 3.83. The Bertz CT molecular complexity index is 1360. The van der Waals surface area contributed by atoms with E-state index < -0.39 is 0 Å². The van der Waals surface area contributed by atoms with E-state index in [-0.39, 0.29) is 42.4 Å². The number of hydrogen-bond acceptors (Lipinski definition) is 2. The van der Waals surface area contributed by atoms with Gasteiger partial charge in [-0.15, -0.1) is 0 Å². The average molecular weight is 940 g/mol. The van der Waals surface area contributed by atoms with Crippen molar-refractivity contribution in [2.75, 3.05) is 12.3 Å². The average Bonchev–Trinajstić information content (AvgIpc) is 3.08. The van der Waals surface area contributed by atoms with Gasteiger partial charge in [-0.2, -0.15) is 0 Å². The number of rotatable bonds is 8. The molecule has 0 radical (unpaired) electrons. The molecule has 6 aromatic rings. The maximum Gasteiger partial charge on any atom is -0.0195 e. The van der Waals surface area contributed by atoms with Gasteiger partial charge in [0.15, 0.2) is 0 Å². The number of aromatic nitrogens is 2. The molecule has 0 aliphatic carbocycles. The molecule has 0 saturated heterocycles. The summed E-state index contributed by atoms with van der Waals surface area (Å²) in [5.41, 5.74) is 0. The zero-order valence-corrected chi connectivity index (χ0v) is 32.2. The maximum atomic E-state index is 3.83. The Kier molecular flexibility index (Phi) is 20.0. The monoisotopic (exact) mass is 941 g/mol. The van der Waals surface area contributed by atoms with Crippen LogP contribution in [0.1, 0.15) is 6.42 Å². The van der Waals surface area contributed by atoms with E-state index in [0.717, 1.165) is 8.92 Å². The SMILES string of the molecule is O.[Pt+2].[Se-]c1ccncc1.[Se-]c1ccncc1.c1ccc(P(CCCP(c2ccccc2)c2ccccc2)c2ccccc2)cc1. The van der Waals surface area contributed by atoms with Crippen LogP contribution in [0, 0.1) is 0 Å². The standard InChI is InChI=1S/C27H26P2.2C5H5NSe.H2O.Pt/c1-5-14-24(15-6-1)28(25-16-7-2-8-17-25)22-13-23-29(26-18-9-3-10-19-26)27-20-11-4-12-21-27;2*7-5-1-3-6-4-2-5;;/h1-12,14-21H,13,22-23H2;2*1-4H,(H,6,7);1H2;/q;;;;+2/p-2. The molecule has 0 aliphatic rings. The Morgan fingerprint density at radius 3 is 0.844 bits per heavy atom. The van der Waals surface area contributed by atoms with Crippen LogP contribution < -0.4 is 30.1 Å². The van der Waals surface area contributed by atoms with Gasteiger partial charge < -0.3 is 5.48 Å². The number of benzene rings is 4. The molecule has 6 rings (SSSR count). The summed E-state index contributed by atoms with van der Waals surface area (Å²) in [4.78, 5) is 7.65. The quantitative estimate of drug-likeness (QED) is 0.166. The normalized spacial score (nSPS) is 9.82. The van der Waals surface area contributed by atoms with Crippen LogP contribution in [0.4, 0.5) is 0 Å². The van der Waals surface area contributed by atoms with Gasteiger partial charge in [-0.25, -0.2) is 0 Å². The molecule has 3 nitrogen and oxygen atoms in total. The molecule has 0 fully saturated rings. The summed E-state index contributed by atoms with van der Waals surface area (Å²) in [6.07, 6.45) is 10.7. The van der Waals surface area contributed by atoms with E-state index in [1.54, 1.807) is 24.8 Å². The van der Waals surface area contributed by atoms with Gasteiger partial charge in [0.05, 0.1) is 0 Å². The molecule has 0 atom stereocenters. The van der Waals surface area contributed by atoms with Crippen LogP contribution in [0.15, 0.2) is 170 Å². The molecular formula is C37H36N2OP2PtSe2. The van der Waals surface area contributed by atoms with Gasteiger partial charge in [0.25, 0.3) is 0 Å². The second-order valence-electron chi connectivity index (χ2n) is 9.36. The Morgan fingerprint density at radius 1 is 0.400 bits per heavy atom. The molecule has 2 aromatic heterocycles. The van der Waals surface area contributed by atoms with Crippen LogP contribution >= 0.6 is 15.8 Å². The third-order valence-corrected chi connectivity index (χ3v) is 12.7. The Balaban J connectivity index is 0.000000363. The van der Waals surface area contributed by atoms with Crippen LogP contribution in [0.2, 0.25) is 0 Å². The predicted octanol–water partition coefficient (Wildman–Crippen LogP) is 4.57. The summed E-state index contributed by atoms with van der Waals surface area (Å²) in [7, 11) is -0.618.